The van der Waals surface area contributed by atoms with Crippen molar-refractivity contribution in [3.8, 4) is 11.1 Å². The fourth-order valence-corrected chi connectivity index (χ4v) is 7.46. The molecule has 4 aromatic carbocycles. The van der Waals surface area contributed by atoms with Gasteiger partial charge in [0.1, 0.15) is 12.6 Å². The van der Waals surface area contributed by atoms with E-state index in [0.29, 0.717) is 0 Å². The van der Waals surface area contributed by atoms with Gasteiger partial charge in [-0.3, -0.25) is 14.5 Å². The zero-order valence-electron chi connectivity index (χ0n) is 30.1. The van der Waals surface area contributed by atoms with Crippen molar-refractivity contribution in [1.82, 2.24) is 15.1 Å². The number of aliphatic hydroxyl groups excluding tert-OH is 1. The minimum absolute atomic E-state index is 0.000294. The maximum absolute atomic E-state index is 13.2. The van der Waals surface area contributed by atoms with Gasteiger partial charge in [-0.05, 0) is 65.4 Å². The second kappa shape index (κ2) is 16.9. The minimum atomic E-state index is -0.965. The molecule has 3 fully saturated rings. The van der Waals surface area contributed by atoms with Gasteiger partial charge >= 0.3 is 6.09 Å². The SMILES string of the molecule is C[C@H]1[C@@H](CN2CCCCC2)O[C@@H](c2ccc(-c3cccc(CN4C(=O)CC(NC(=O)OCc5ccccc5)C4=O)c3)cc2)O[C@H]1c1ccc(CO)cc1. The van der Waals surface area contributed by atoms with E-state index in [1.807, 2.05) is 103 Å². The van der Waals surface area contributed by atoms with E-state index in [0.717, 1.165) is 58.6 Å². The number of imide groups is 1. The molecule has 0 radical (unpaired) electrons. The van der Waals surface area contributed by atoms with Gasteiger partial charge in [-0.1, -0.05) is 110 Å². The molecule has 0 bridgehead atoms. The van der Waals surface area contributed by atoms with Gasteiger partial charge in [0.05, 0.1) is 31.8 Å². The second-order valence-electron chi connectivity index (χ2n) is 14.3. The number of likely N-dealkylation sites (tertiary alicyclic amines) is 2. The number of aliphatic hydroxyl groups is 1. The Labute approximate surface area is 310 Å². The molecule has 7 rings (SSSR count). The Hall–Kier alpha value is -4.87. The summed E-state index contributed by atoms with van der Waals surface area (Å²) in [4.78, 5) is 42.1. The van der Waals surface area contributed by atoms with Gasteiger partial charge in [-0.2, -0.15) is 0 Å². The van der Waals surface area contributed by atoms with Crippen LogP contribution in [0.2, 0.25) is 0 Å². The van der Waals surface area contributed by atoms with Crippen LogP contribution in [0.15, 0.2) is 103 Å². The normalized spacial score (nSPS) is 23.6. The van der Waals surface area contributed by atoms with Gasteiger partial charge in [-0.15, -0.1) is 0 Å². The molecule has 4 aromatic rings. The molecule has 3 aliphatic rings. The van der Waals surface area contributed by atoms with Crippen LogP contribution in [0.1, 0.15) is 72.8 Å². The Morgan fingerprint density at radius 3 is 2.26 bits per heavy atom. The van der Waals surface area contributed by atoms with Gasteiger partial charge in [0.2, 0.25) is 5.91 Å². The van der Waals surface area contributed by atoms with E-state index in [1.54, 1.807) is 0 Å². The van der Waals surface area contributed by atoms with Gasteiger partial charge in [0.25, 0.3) is 5.91 Å². The molecule has 1 unspecified atom stereocenters. The number of nitrogens with zero attached hydrogens (tertiary/aromatic N) is 2. The summed E-state index contributed by atoms with van der Waals surface area (Å²) < 4.78 is 18.6. The van der Waals surface area contributed by atoms with Gasteiger partial charge in [-0.25, -0.2) is 4.79 Å². The Morgan fingerprint density at radius 1 is 0.811 bits per heavy atom. The van der Waals surface area contributed by atoms with E-state index in [2.05, 4.69) is 17.1 Å². The standard InChI is InChI=1S/C43H47N3O7/c1-29-38(26-45-21-6-3-7-22-45)52-42(53-40(29)34-15-13-30(27-47)14-16-34)35-19-17-33(18-20-35)36-12-8-11-32(23-36)25-46-39(48)24-37(41(46)49)44-43(50)51-28-31-9-4-2-5-10-31/h2,4-5,8-20,23,29,37-38,40,42,47H,3,6-7,21-22,24-28H2,1H3,(H,44,50)/t29-,37?,38+,40+,42+/m0/s1. The van der Waals surface area contributed by atoms with Crippen LogP contribution in [0.4, 0.5) is 4.79 Å². The molecular weight excluding hydrogens is 670 g/mol. The lowest BCUT2D eigenvalue weighted by Gasteiger charge is -2.43. The van der Waals surface area contributed by atoms with Crippen LogP contribution in [0.25, 0.3) is 11.1 Å². The summed E-state index contributed by atoms with van der Waals surface area (Å²) in [5.74, 6) is -0.672. The number of nitrogens with one attached hydrogen (secondary N) is 1. The maximum Gasteiger partial charge on any atom is 0.408 e. The number of alkyl carbamates (subject to hydrolysis) is 1. The van der Waals surface area contributed by atoms with Crippen molar-refractivity contribution in [1.29, 1.82) is 0 Å². The third kappa shape index (κ3) is 8.85. The Bertz CT molecular complexity index is 1860. The summed E-state index contributed by atoms with van der Waals surface area (Å²) in [7, 11) is 0. The highest BCUT2D eigenvalue weighted by molar-refractivity contribution is 6.06. The van der Waals surface area contributed by atoms with Crippen LogP contribution in [-0.2, 0) is 43.6 Å². The highest BCUT2D eigenvalue weighted by Gasteiger charge is 2.41. The molecule has 0 aliphatic carbocycles. The smallest absolute Gasteiger partial charge is 0.408 e. The summed E-state index contributed by atoms with van der Waals surface area (Å²) in [5, 5.41) is 12.1. The average molecular weight is 718 g/mol. The van der Waals surface area contributed by atoms with Crippen LogP contribution >= 0.6 is 0 Å². The zero-order chi connectivity index (χ0) is 36.7. The molecule has 5 atom stereocenters. The van der Waals surface area contributed by atoms with Crippen LogP contribution in [0.5, 0.6) is 0 Å². The Morgan fingerprint density at radius 2 is 1.53 bits per heavy atom. The number of ether oxygens (including phenoxy) is 3. The molecule has 276 valence electrons. The highest BCUT2D eigenvalue weighted by atomic mass is 16.7. The molecular formula is C43H47N3O7. The lowest BCUT2D eigenvalue weighted by Crippen LogP contribution is -2.45. The fraction of sp³-hybridized carbons (Fsp3) is 0.372. The van der Waals surface area contributed by atoms with Crippen molar-refractivity contribution < 1.29 is 33.7 Å². The molecule has 10 nitrogen and oxygen atoms in total. The number of carbonyl (C=O) groups excluding carboxylic acids is 3. The van der Waals surface area contributed by atoms with Crippen LogP contribution in [0, 0.1) is 5.92 Å². The summed E-state index contributed by atoms with van der Waals surface area (Å²) in [6.45, 7) is 5.40. The maximum atomic E-state index is 13.2. The molecule has 2 N–H and O–H groups in total. The fourth-order valence-electron chi connectivity index (χ4n) is 7.46. The van der Waals surface area contributed by atoms with Crippen molar-refractivity contribution >= 4 is 17.9 Å². The molecule has 10 heteroatoms. The van der Waals surface area contributed by atoms with Gasteiger partial charge < -0.3 is 29.5 Å². The lowest BCUT2D eigenvalue weighted by molar-refractivity contribution is -0.276. The van der Waals surface area contributed by atoms with Crippen LogP contribution in [0.3, 0.4) is 0 Å². The molecule has 53 heavy (non-hydrogen) atoms. The molecule has 3 amide bonds. The third-order valence-electron chi connectivity index (χ3n) is 10.5. The van der Waals surface area contributed by atoms with E-state index in [1.165, 1.54) is 24.2 Å². The van der Waals surface area contributed by atoms with Gasteiger partial charge in [0.15, 0.2) is 6.29 Å². The van der Waals surface area contributed by atoms with E-state index in [4.69, 9.17) is 14.2 Å². The number of carbonyl (C=O) groups is 3. The first kappa shape index (κ1) is 36.5. The minimum Gasteiger partial charge on any atom is -0.445 e. The van der Waals surface area contributed by atoms with Crippen molar-refractivity contribution in [3.05, 3.63) is 131 Å². The van der Waals surface area contributed by atoms with Crippen molar-refractivity contribution in [2.75, 3.05) is 19.6 Å². The summed E-state index contributed by atoms with van der Waals surface area (Å²) in [5.41, 5.74) is 6.39. The summed E-state index contributed by atoms with van der Waals surface area (Å²) >= 11 is 0. The number of hydrogen-bond donors (Lipinski definition) is 2. The third-order valence-corrected chi connectivity index (χ3v) is 10.5. The molecule has 0 saturated carbocycles. The quantitative estimate of drug-likeness (QED) is 0.165. The predicted molar refractivity (Wildman–Crippen MR) is 199 cm³/mol. The number of amides is 3. The topological polar surface area (TPSA) is 118 Å². The number of hydrogen-bond acceptors (Lipinski definition) is 8. The Balaban J connectivity index is 1.01. The van der Waals surface area contributed by atoms with Crippen LogP contribution in [-0.4, -0.2) is 64.6 Å². The summed E-state index contributed by atoms with van der Waals surface area (Å²) in [6.07, 6.45) is 2.12. The number of benzene rings is 4. The van der Waals surface area contributed by atoms with Crippen molar-refractivity contribution in [2.45, 2.75) is 76.9 Å². The lowest BCUT2D eigenvalue weighted by atomic mass is 9.89. The Kier molecular flexibility index (Phi) is 11.6. The molecule has 0 aromatic heterocycles. The number of piperidine rings is 1. The largest absolute Gasteiger partial charge is 0.445 e. The molecule has 0 spiro atoms. The first-order chi connectivity index (χ1) is 25.8. The van der Waals surface area contributed by atoms with Crippen molar-refractivity contribution in [3.63, 3.8) is 0 Å². The highest BCUT2D eigenvalue weighted by Crippen LogP contribution is 2.42. The molecule has 3 aliphatic heterocycles. The zero-order valence-corrected chi connectivity index (χ0v) is 30.1. The van der Waals surface area contributed by atoms with E-state index >= 15 is 0 Å². The first-order valence-corrected chi connectivity index (χ1v) is 18.6. The van der Waals surface area contributed by atoms with E-state index in [9.17, 15) is 19.5 Å². The predicted octanol–water partition coefficient (Wildman–Crippen LogP) is 6.68. The van der Waals surface area contributed by atoms with E-state index < -0.39 is 24.3 Å². The molecule has 3 heterocycles. The number of rotatable bonds is 11. The monoisotopic (exact) mass is 717 g/mol. The first-order valence-electron chi connectivity index (χ1n) is 18.6. The second-order valence-corrected chi connectivity index (χ2v) is 14.3. The van der Waals surface area contributed by atoms with Crippen molar-refractivity contribution in [2.24, 2.45) is 5.92 Å². The van der Waals surface area contributed by atoms with Gasteiger partial charge in [0, 0.05) is 18.0 Å². The average Bonchev–Trinajstić information content (AvgIpc) is 3.45. The summed E-state index contributed by atoms with van der Waals surface area (Å²) in [6, 6.07) is 32.2. The molecule has 3 saturated heterocycles. The van der Waals surface area contributed by atoms with E-state index in [-0.39, 0.29) is 50.2 Å². The van der Waals surface area contributed by atoms with Crippen LogP contribution < -0.4 is 5.32 Å².